The van der Waals surface area contributed by atoms with Crippen molar-refractivity contribution in [3.63, 3.8) is 0 Å². The number of benzene rings is 5. The number of hydrogen-bond acceptors (Lipinski definition) is 1. The Labute approximate surface area is 203 Å². The van der Waals surface area contributed by atoms with Crippen LogP contribution in [-0.2, 0) is 12.8 Å². The standard InChI is InChI=1S/C33H29N/c1-26-12-18-31(19-13-26)34(32-20-14-29(15-21-32)24-27-8-4-2-5-9-27)33-22-16-30(17-23-33)25-28-10-6-3-7-11-28/h2-23H,24-25H2,1H3. The zero-order chi connectivity index (χ0) is 23.2. The van der Waals surface area contributed by atoms with Crippen molar-refractivity contribution in [2.45, 2.75) is 19.8 Å². The zero-order valence-electron chi connectivity index (χ0n) is 19.6. The molecule has 0 atom stereocenters. The predicted molar refractivity (Wildman–Crippen MR) is 144 cm³/mol. The van der Waals surface area contributed by atoms with Crippen molar-refractivity contribution in [1.82, 2.24) is 0 Å². The van der Waals surface area contributed by atoms with Gasteiger partial charge in [0.1, 0.15) is 0 Å². The third-order valence-corrected chi connectivity index (χ3v) is 6.18. The summed E-state index contributed by atoms with van der Waals surface area (Å²) in [6.45, 7) is 2.13. The van der Waals surface area contributed by atoms with Gasteiger partial charge in [-0.25, -0.2) is 0 Å². The summed E-state index contributed by atoms with van der Waals surface area (Å²) < 4.78 is 0. The van der Waals surface area contributed by atoms with Crippen LogP contribution in [0.25, 0.3) is 0 Å². The highest BCUT2D eigenvalue weighted by Crippen LogP contribution is 2.35. The summed E-state index contributed by atoms with van der Waals surface area (Å²) in [6.07, 6.45) is 1.89. The normalized spacial score (nSPS) is 10.7. The lowest BCUT2D eigenvalue weighted by Gasteiger charge is -2.26. The van der Waals surface area contributed by atoms with Crippen LogP contribution in [0.5, 0.6) is 0 Å². The molecule has 0 aliphatic carbocycles. The summed E-state index contributed by atoms with van der Waals surface area (Å²) in [5.41, 5.74) is 10.1. The van der Waals surface area contributed by atoms with Gasteiger partial charge >= 0.3 is 0 Å². The number of aryl methyl sites for hydroxylation is 1. The third-order valence-electron chi connectivity index (χ3n) is 6.18. The second kappa shape index (κ2) is 10.2. The molecular formula is C33H29N. The Morgan fingerprint density at radius 1 is 0.382 bits per heavy atom. The first-order valence-corrected chi connectivity index (χ1v) is 11.9. The van der Waals surface area contributed by atoms with Crippen molar-refractivity contribution in [2.24, 2.45) is 0 Å². The monoisotopic (exact) mass is 439 g/mol. The Bertz CT molecular complexity index is 1220. The summed E-state index contributed by atoms with van der Waals surface area (Å²) in [7, 11) is 0. The maximum Gasteiger partial charge on any atom is 0.0461 e. The Morgan fingerprint density at radius 3 is 1.09 bits per heavy atom. The lowest BCUT2D eigenvalue weighted by molar-refractivity contribution is 1.17. The van der Waals surface area contributed by atoms with Crippen LogP contribution in [-0.4, -0.2) is 0 Å². The largest absolute Gasteiger partial charge is 0.311 e. The topological polar surface area (TPSA) is 3.24 Å². The van der Waals surface area contributed by atoms with E-state index >= 15 is 0 Å². The molecule has 0 fully saturated rings. The molecule has 0 spiro atoms. The molecule has 0 saturated heterocycles. The van der Waals surface area contributed by atoms with Crippen molar-refractivity contribution in [1.29, 1.82) is 0 Å². The molecule has 1 nitrogen and oxygen atoms in total. The van der Waals surface area contributed by atoms with Gasteiger partial charge < -0.3 is 4.90 Å². The van der Waals surface area contributed by atoms with Crippen LogP contribution < -0.4 is 4.90 Å². The molecule has 0 amide bonds. The molecule has 0 bridgehead atoms. The van der Waals surface area contributed by atoms with Crippen LogP contribution in [0.2, 0.25) is 0 Å². The van der Waals surface area contributed by atoms with Gasteiger partial charge in [0.05, 0.1) is 0 Å². The minimum absolute atomic E-state index is 0.944. The molecule has 0 aliphatic heterocycles. The van der Waals surface area contributed by atoms with E-state index in [1.807, 2.05) is 0 Å². The summed E-state index contributed by atoms with van der Waals surface area (Å²) in [4.78, 5) is 2.33. The van der Waals surface area contributed by atoms with Gasteiger partial charge in [-0.05, 0) is 78.4 Å². The average molecular weight is 440 g/mol. The predicted octanol–water partition coefficient (Wildman–Crippen LogP) is 8.65. The summed E-state index contributed by atoms with van der Waals surface area (Å²) >= 11 is 0. The van der Waals surface area contributed by atoms with Gasteiger partial charge in [0.25, 0.3) is 0 Å². The lowest BCUT2D eigenvalue weighted by Crippen LogP contribution is -2.10. The van der Waals surface area contributed by atoms with Crippen LogP contribution in [0.3, 0.4) is 0 Å². The molecule has 0 unspecified atom stereocenters. The van der Waals surface area contributed by atoms with E-state index in [1.54, 1.807) is 0 Å². The van der Waals surface area contributed by atoms with E-state index in [0.717, 1.165) is 29.9 Å². The fraction of sp³-hybridized carbons (Fsp3) is 0.0909. The van der Waals surface area contributed by atoms with E-state index < -0.39 is 0 Å². The average Bonchev–Trinajstić information content (AvgIpc) is 2.89. The number of hydrogen-bond donors (Lipinski definition) is 0. The van der Waals surface area contributed by atoms with Crippen molar-refractivity contribution in [3.05, 3.63) is 161 Å². The van der Waals surface area contributed by atoms with E-state index in [-0.39, 0.29) is 0 Å². The molecule has 0 aromatic heterocycles. The van der Waals surface area contributed by atoms with E-state index in [4.69, 9.17) is 0 Å². The molecule has 5 aromatic carbocycles. The minimum atomic E-state index is 0.944. The van der Waals surface area contributed by atoms with Crippen molar-refractivity contribution in [3.8, 4) is 0 Å². The van der Waals surface area contributed by atoms with Crippen LogP contribution in [0.15, 0.2) is 133 Å². The molecule has 1 heteroatoms. The number of anilines is 3. The Kier molecular flexibility index (Phi) is 6.54. The smallest absolute Gasteiger partial charge is 0.0461 e. The van der Waals surface area contributed by atoms with Gasteiger partial charge in [-0.2, -0.15) is 0 Å². The molecule has 5 aromatic rings. The van der Waals surface area contributed by atoms with E-state index in [2.05, 4.69) is 145 Å². The van der Waals surface area contributed by atoms with E-state index in [1.165, 1.54) is 27.8 Å². The SMILES string of the molecule is Cc1ccc(N(c2ccc(Cc3ccccc3)cc2)c2ccc(Cc3ccccc3)cc2)cc1. The molecule has 0 N–H and O–H groups in total. The number of nitrogens with zero attached hydrogens (tertiary/aromatic N) is 1. The Hall–Kier alpha value is -4.10. The van der Waals surface area contributed by atoms with Crippen LogP contribution >= 0.6 is 0 Å². The van der Waals surface area contributed by atoms with Gasteiger partial charge in [0.15, 0.2) is 0 Å². The quantitative estimate of drug-likeness (QED) is 0.245. The molecular weight excluding hydrogens is 410 g/mol. The first-order chi connectivity index (χ1) is 16.7. The highest BCUT2D eigenvalue weighted by molar-refractivity contribution is 5.76. The highest BCUT2D eigenvalue weighted by atomic mass is 15.1. The lowest BCUT2D eigenvalue weighted by atomic mass is 10.0. The molecule has 34 heavy (non-hydrogen) atoms. The Morgan fingerprint density at radius 2 is 0.706 bits per heavy atom. The summed E-state index contributed by atoms with van der Waals surface area (Å²) in [5.74, 6) is 0. The first-order valence-electron chi connectivity index (χ1n) is 11.9. The zero-order valence-corrected chi connectivity index (χ0v) is 19.6. The fourth-order valence-corrected chi connectivity index (χ4v) is 4.33. The summed E-state index contributed by atoms with van der Waals surface area (Å²) in [5, 5.41) is 0. The molecule has 166 valence electrons. The second-order valence-corrected chi connectivity index (χ2v) is 8.83. The molecule has 0 saturated carbocycles. The van der Waals surface area contributed by atoms with Crippen molar-refractivity contribution < 1.29 is 0 Å². The third kappa shape index (κ3) is 5.27. The molecule has 0 heterocycles. The van der Waals surface area contributed by atoms with Gasteiger partial charge in [-0.1, -0.05) is 103 Å². The fourth-order valence-electron chi connectivity index (χ4n) is 4.33. The number of rotatable bonds is 7. The van der Waals surface area contributed by atoms with Crippen molar-refractivity contribution in [2.75, 3.05) is 4.90 Å². The molecule has 0 aliphatic rings. The molecule has 0 radical (unpaired) electrons. The summed E-state index contributed by atoms with van der Waals surface area (Å²) in [6, 6.07) is 47.9. The van der Waals surface area contributed by atoms with Crippen LogP contribution in [0.1, 0.15) is 27.8 Å². The van der Waals surface area contributed by atoms with Crippen LogP contribution in [0.4, 0.5) is 17.1 Å². The van der Waals surface area contributed by atoms with Gasteiger partial charge in [0, 0.05) is 17.1 Å². The van der Waals surface area contributed by atoms with Crippen molar-refractivity contribution >= 4 is 17.1 Å². The van der Waals surface area contributed by atoms with Crippen LogP contribution in [0, 0.1) is 6.92 Å². The van der Waals surface area contributed by atoms with E-state index in [0.29, 0.717) is 0 Å². The molecule has 5 rings (SSSR count). The van der Waals surface area contributed by atoms with E-state index in [9.17, 15) is 0 Å². The Balaban J connectivity index is 1.43. The second-order valence-electron chi connectivity index (χ2n) is 8.83. The highest BCUT2D eigenvalue weighted by Gasteiger charge is 2.12. The van der Waals surface area contributed by atoms with Gasteiger partial charge in [0.2, 0.25) is 0 Å². The minimum Gasteiger partial charge on any atom is -0.311 e. The maximum absolute atomic E-state index is 2.33. The maximum atomic E-state index is 2.33. The first kappa shape index (κ1) is 21.7. The van der Waals surface area contributed by atoms with Gasteiger partial charge in [-0.3, -0.25) is 0 Å². The van der Waals surface area contributed by atoms with Gasteiger partial charge in [-0.15, -0.1) is 0 Å².